The summed E-state index contributed by atoms with van der Waals surface area (Å²) < 4.78 is 12.9. The second-order valence-corrected chi connectivity index (χ2v) is 2.74. The van der Waals surface area contributed by atoms with Crippen molar-refractivity contribution in [3.63, 3.8) is 0 Å². The summed E-state index contributed by atoms with van der Waals surface area (Å²) in [5.41, 5.74) is 0. The van der Waals surface area contributed by atoms with Crippen molar-refractivity contribution >= 4 is 22.6 Å². The molecule has 1 nitrogen and oxygen atoms in total. The maximum Gasteiger partial charge on any atom is 0.178 e. The second-order valence-electron chi connectivity index (χ2n) is 1.57. The quantitative estimate of drug-likeness (QED) is 0.686. The summed E-state index contributed by atoms with van der Waals surface area (Å²) in [6.45, 7) is 0. The van der Waals surface area contributed by atoms with Crippen LogP contribution >= 0.6 is 22.6 Å². The van der Waals surface area contributed by atoms with Gasteiger partial charge in [-0.25, -0.2) is 4.39 Å². The second kappa shape index (κ2) is 2.51. The molecule has 9 heavy (non-hydrogen) atoms. The van der Waals surface area contributed by atoms with Crippen molar-refractivity contribution in [3.05, 3.63) is 27.6 Å². The first-order chi connectivity index (χ1) is 4.22. The first-order valence-electron chi connectivity index (χ1n) is 2.35. The average Bonchev–Trinajstić information content (AvgIpc) is 1.83. The predicted octanol–water partition coefficient (Wildman–Crippen LogP) is 2.14. The molecule has 0 radical (unpaired) electrons. The van der Waals surface area contributed by atoms with E-state index in [4.69, 9.17) is 5.11 Å². The zero-order valence-corrected chi connectivity index (χ0v) is 6.59. The van der Waals surface area contributed by atoms with Gasteiger partial charge < -0.3 is 5.11 Å². The summed E-state index contributed by atoms with van der Waals surface area (Å²) in [4.78, 5) is 0. The Hall–Kier alpha value is -0.320. The topological polar surface area (TPSA) is 20.2 Å². The molecule has 0 bridgehead atoms. The van der Waals surface area contributed by atoms with E-state index < -0.39 is 5.82 Å². The fourth-order valence-electron chi connectivity index (χ4n) is 0.492. The number of phenols is 1. The van der Waals surface area contributed by atoms with E-state index in [1.807, 2.05) is 22.6 Å². The van der Waals surface area contributed by atoms with Crippen molar-refractivity contribution in [2.45, 2.75) is 0 Å². The maximum absolute atomic E-state index is 12.5. The van der Waals surface area contributed by atoms with Crippen LogP contribution in [-0.4, -0.2) is 5.11 Å². The van der Waals surface area contributed by atoms with Gasteiger partial charge in [0.25, 0.3) is 0 Å². The van der Waals surface area contributed by atoms with Crippen molar-refractivity contribution in [2.75, 3.05) is 0 Å². The molecule has 0 unspecified atom stereocenters. The molecular formula is C6H4FIO. The number of phenolic OH excluding ortho intramolecular Hbond substituents is 1. The Bertz CT molecular complexity index is 204. The molecule has 1 aromatic carbocycles. The minimum Gasteiger partial charge on any atom is -0.505 e. The molecule has 0 aliphatic carbocycles. The van der Waals surface area contributed by atoms with E-state index in [1.54, 1.807) is 12.1 Å². The number of halogens is 2. The zero-order chi connectivity index (χ0) is 6.85. The normalized spacial score (nSPS) is 9.56. The van der Waals surface area contributed by atoms with Crippen LogP contribution in [0.15, 0.2) is 18.2 Å². The van der Waals surface area contributed by atoms with Crippen LogP contribution < -0.4 is 0 Å². The molecule has 0 aliphatic heterocycles. The summed E-state index contributed by atoms with van der Waals surface area (Å²) in [7, 11) is 0. The maximum atomic E-state index is 12.5. The zero-order valence-electron chi connectivity index (χ0n) is 4.44. The lowest BCUT2D eigenvalue weighted by Crippen LogP contribution is -1.79. The molecule has 0 saturated heterocycles. The monoisotopic (exact) mass is 238 g/mol. The van der Waals surface area contributed by atoms with Crippen LogP contribution in [0.3, 0.4) is 0 Å². The summed E-state index contributed by atoms with van der Waals surface area (Å²) in [5, 5.41) is 8.72. The predicted molar refractivity (Wildman–Crippen MR) is 40.8 cm³/mol. The molecule has 0 atom stereocenters. The molecule has 1 rings (SSSR count). The van der Waals surface area contributed by atoms with Crippen LogP contribution in [-0.2, 0) is 0 Å². The van der Waals surface area contributed by atoms with E-state index in [0.717, 1.165) is 0 Å². The average molecular weight is 238 g/mol. The highest BCUT2D eigenvalue weighted by molar-refractivity contribution is 14.1. The SMILES string of the molecule is Oc1cccc(I)c1F. The Morgan fingerprint density at radius 1 is 1.44 bits per heavy atom. The van der Waals surface area contributed by atoms with E-state index in [9.17, 15) is 4.39 Å². The van der Waals surface area contributed by atoms with Crippen LogP contribution in [0.2, 0.25) is 0 Å². The minimum atomic E-state index is -0.543. The van der Waals surface area contributed by atoms with Crippen LogP contribution in [0.5, 0.6) is 5.75 Å². The molecule has 0 aromatic heterocycles. The number of benzene rings is 1. The molecule has 48 valence electrons. The minimum absolute atomic E-state index is 0.290. The van der Waals surface area contributed by atoms with Gasteiger partial charge in [-0.1, -0.05) is 6.07 Å². The fourth-order valence-corrected chi connectivity index (χ4v) is 0.976. The van der Waals surface area contributed by atoms with Gasteiger partial charge in [0.2, 0.25) is 0 Å². The highest BCUT2D eigenvalue weighted by atomic mass is 127. The van der Waals surface area contributed by atoms with Gasteiger partial charge in [-0.15, -0.1) is 0 Å². The molecule has 0 saturated carbocycles. The first kappa shape index (κ1) is 6.80. The highest BCUT2D eigenvalue weighted by Crippen LogP contribution is 2.19. The third-order valence-electron chi connectivity index (χ3n) is 0.931. The molecular weight excluding hydrogens is 234 g/mol. The first-order valence-corrected chi connectivity index (χ1v) is 3.42. The van der Waals surface area contributed by atoms with Gasteiger partial charge >= 0.3 is 0 Å². The van der Waals surface area contributed by atoms with Gasteiger partial charge in [0.1, 0.15) is 0 Å². The van der Waals surface area contributed by atoms with Crippen molar-refractivity contribution in [2.24, 2.45) is 0 Å². The summed E-state index contributed by atoms with van der Waals surface area (Å²) in [5.74, 6) is -0.833. The van der Waals surface area contributed by atoms with Crippen molar-refractivity contribution in [1.82, 2.24) is 0 Å². The van der Waals surface area contributed by atoms with E-state index in [2.05, 4.69) is 0 Å². The lowest BCUT2D eigenvalue weighted by Gasteiger charge is -1.94. The van der Waals surface area contributed by atoms with Gasteiger partial charge in [-0.2, -0.15) is 0 Å². The standard InChI is InChI=1S/C6H4FIO/c7-6-4(8)2-1-3-5(6)9/h1-3,9H. The van der Waals surface area contributed by atoms with Crippen LogP contribution in [0.1, 0.15) is 0 Å². The number of rotatable bonds is 0. The van der Waals surface area contributed by atoms with Crippen molar-refractivity contribution in [1.29, 1.82) is 0 Å². The van der Waals surface area contributed by atoms with Crippen LogP contribution in [0.25, 0.3) is 0 Å². The Balaban J connectivity index is 3.25. The van der Waals surface area contributed by atoms with E-state index in [0.29, 0.717) is 3.57 Å². The fraction of sp³-hybridized carbons (Fsp3) is 0. The molecule has 0 heterocycles. The molecule has 3 heteroatoms. The largest absolute Gasteiger partial charge is 0.505 e. The Morgan fingerprint density at radius 3 is 2.56 bits per heavy atom. The van der Waals surface area contributed by atoms with Gasteiger partial charge in [0, 0.05) is 0 Å². The Labute approximate surface area is 65.7 Å². The van der Waals surface area contributed by atoms with Gasteiger partial charge in [0.05, 0.1) is 3.57 Å². The summed E-state index contributed by atoms with van der Waals surface area (Å²) >= 11 is 1.81. The van der Waals surface area contributed by atoms with E-state index in [1.165, 1.54) is 6.07 Å². The third kappa shape index (κ3) is 1.32. The molecule has 1 aromatic rings. The van der Waals surface area contributed by atoms with E-state index in [-0.39, 0.29) is 5.75 Å². The lowest BCUT2D eigenvalue weighted by molar-refractivity contribution is 0.430. The number of aromatic hydroxyl groups is 1. The van der Waals surface area contributed by atoms with Gasteiger partial charge in [0.15, 0.2) is 11.6 Å². The Morgan fingerprint density at radius 2 is 2.11 bits per heavy atom. The van der Waals surface area contributed by atoms with Crippen molar-refractivity contribution < 1.29 is 9.50 Å². The van der Waals surface area contributed by atoms with E-state index >= 15 is 0 Å². The Kier molecular flexibility index (Phi) is 1.90. The highest BCUT2D eigenvalue weighted by Gasteiger charge is 2.01. The molecule has 0 amide bonds. The lowest BCUT2D eigenvalue weighted by atomic mass is 10.3. The van der Waals surface area contributed by atoms with Crippen molar-refractivity contribution in [3.8, 4) is 5.75 Å². The summed E-state index contributed by atoms with van der Waals surface area (Å²) in [6.07, 6.45) is 0. The smallest absolute Gasteiger partial charge is 0.178 e. The number of hydrogen-bond donors (Lipinski definition) is 1. The molecule has 0 aliphatic rings. The van der Waals surface area contributed by atoms with Gasteiger partial charge in [-0.05, 0) is 34.7 Å². The number of hydrogen-bond acceptors (Lipinski definition) is 1. The van der Waals surface area contributed by atoms with Crippen LogP contribution in [0.4, 0.5) is 4.39 Å². The molecule has 0 fully saturated rings. The van der Waals surface area contributed by atoms with Gasteiger partial charge in [-0.3, -0.25) is 0 Å². The molecule has 1 N–H and O–H groups in total. The van der Waals surface area contributed by atoms with Crippen LogP contribution in [0, 0.1) is 9.39 Å². The summed E-state index contributed by atoms with van der Waals surface area (Å²) in [6, 6.07) is 4.51. The molecule has 0 spiro atoms. The third-order valence-corrected chi connectivity index (χ3v) is 1.76.